The lowest BCUT2D eigenvalue weighted by Gasteiger charge is -2.28. The third-order valence-corrected chi connectivity index (χ3v) is 4.24. The van der Waals surface area contributed by atoms with E-state index in [1.807, 2.05) is 13.8 Å². The van der Waals surface area contributed by atoms with Crippen LogP contribution in [0, 0.1) is 23.2 Å². The average Bonchev–Trinajstić information content (AvgIpc) is 2.63. The Bertz CT molecular complexity index is 245. The van der Waals surface area contributed by atoms with Crippen molar-refractivity contribution >= 4 is 5.97 Å². The second-order valence-corrected chi connectivity index (χ2v) is 5.83. The number of carboxylic acids is 1. The maximum atomic E-state index is 11.0. The van der Waals surface area contributed by atoms with Gasteiger partial charge in [0.15, 0.2) is 0 Å². The molecular weight excluding hydrogens is 176 g/mol. The Morgan fingerprint density at radius 1 is 1.36 bits per heavy atom. The molecule has 2 fully saturated rings. The summed E-state index contributed by atoms with van der Waals surface area (Å²) >= 11 is 0. The van der Waals surface area contributed by atoms with Crippen LogP contribution in [0.5, 0.6) is 0 Å². The first-order chi connectivity index (χ1) is 6.49. The van der Waals surface area contributed by atoms with Gasteiger partial charge in [-0.25, -0.2) is 0 Å². The van der Waals surface area contributed by atoms with Gasteiger partial charge in [0.2, 0.25) is 0 Å². The molecule has 0 aliphatic heterocycles. The van der Waals surface area contributed by atoms with Gasteiger partial charge in [-0.2, -0.15) is 0 Å². The first-order valence-electron chi connectivity index (χ1n) is 5.72. The van der Waals surface area contributed by atoms with Crippen LogP contribution in [0.3, 0.4) is 0 Å². The van der Waals surface area contributed by atoms with Crippen LogP contribution >= 0.6 is 0 Å². The Morgan fingerprint density at radius 3 is 2.50 bits per heavy atom. The van der Waals surface area contributed by atoms with Gasteiger partial charge in [-0.05, 0) is 57.3 Å². The van der Waals surface area contributed by atoms with E-state index in [-0.39, 0.29) is 0 Å². The molecule has 2 nitrogen and oxygen atoms in total. The molecule has 3 atom stereocenters. The standard InChI is InChI=1S/C12H20O2/c1-12(2,11(13)14)7-10-6-8-3-4-9(10)5-8/h8-10H,3-7H2,1-2H3,(H,13,14). The van der Waals surface area contributed by atoms with Crippen LogP contribution < -0.4 is 0 Å². The van der Waals surface area contributed by atoms with Crippen LogP contribution in [0.4, 0.5) is 0 Å². The summed E-state index contributed by atoms with van der Waals surface area (Å²) in [5, 5.41) is 9.07. The van der Waals surface area contributed by atoms with Crippen molar-refractivity contribution in [3.63, 3.8) is 0 Å². The summed E-state index contributed by atoms with van der Waals surface area (Å²) in [5.41, 5.74) is -0.519. The minimum Gasteiger partial charge on any atom is -0.481 e. The van der Waals surface area contributed by atoms with Crippen LogP contribution in [0.25, 0.3) is 0 Å². The zero-order valence-electron chi connectivity index (χ0n) is 9.12. The summed E-state index contributed by atoms with van der Waals surface area (Å²) in [6.07, 6.45) is 6.30. The van der Waals surface area contributed by atoms with E-state index in [1.165, 1.54) is 25.7 Å². The Hall–Kier alpha value is -0.530. The zero-order valence-corrected chi connectivity index (χ0v) is 9.12. The number of aliphatic carboxylic acids is 1. The van der Waals surface area contributed by atoms with E-state index < -0.39 is 11.4 Å². The molecule has 0 amide bonds. The predicted octanol–water partition coefficient (Wildman–Crippen LogP) is 2.92. The van der Waals surface area contributed by atoms with Crippen molar-refractivity contribution < 1.29 is 9.90 Å². The normalized spacial score (nSPS) is 36.3. The van der Waals surface area contributed by atoms with Gasteiger partial charge in [0.25, 0.3) is 0 Å². The molecule has 0 spiro atoms. The van der Waals surface area contributed by atoms with E-state index in [9.17, 15) is 4.79 Å². The Labute approximate surface area is 85.7 Å². The third-order valence-electron chi connectivity index (χ3n) is 4.24. The van der Waals surface area contributed by atoms with Crippen molar-refractivity contribution in [3.05, 3.63) is 0 Å². The molecule has 2 bridgehead atoms. The molecule has 2 heteroatoms. The first kappa shape index (κ1) is 10.0. The first-order valence-corrected chi connectivity index (χ1v) is 5.72. The van der Waals surface area contributed by atoms with E-state index in [1.54, 1.807) is 0 Å². The highest BCUT2D eigenvalue weighted by molar-refractivity contribution is 5.73. The van der Waals surface area contributed by atoms with E-state index in [0.29, 0.717) is 5.92 Å². The number of hydrogen-bond acceptors (Lipinski definition) is 1. The largest absolute Gasteiger partial charge is 0.481 e. The third kappa shape index (κ3) is 1.67. The van der Waals surface area contributed by atoms with Crippen molar-refractivity contribution in [3.8, 4) is 0 Å². The molecule has 2 aliphatic carbocycles. The van der Waals surface area contributed by atoms with Gasteiger partial charge >= 0.3 is 5.97 Å². The quantitative estimate of drug-likeness (QED) is 0.753. The maximum Gasteiger partial charge on any atom is 0.309 e. The van der Waals surface area contributed by atoms with Crippen molar-refractivity contribution in [1.29, 1.82) is 0 Å². The van der Waals surface area contributed by atoms with Gasteiger partial charge in [-0.3, -0.25) is 4.79 Å². The molecule has 3 unspecified atom stereocenters. The highest BCUT2D eigenvalue weighted by Gasteiger charge is 2.43. The van der Waals surface area contributed by atoms with Crippen LogP contribution in [0.15, 0.2) is 0 Å². The summed E-state index contributed by atoms with van der Waals surface area (Å²) in [6.45, 7) is 3.72. The number of fused-ring (bicyclic) bond motifs is 2. The molecular formula is C12H20O2. The van der Waals surface area contributed by atoms with Gasteiger partial charge in [0.1, 0.15) is 0 Å². The van der Waals surface area contributed by atoms with Crippen molar-refractivity contribution in [2.75, 3.05) is 0 Å². The minimum atomic E-state index is -0.639. The molecule has 0 radical (unpaired) electrons. The molecule has 0 aromatic heterocycles. The monoisotopic (exact) mass is 196 g/mol. The molecule has 14 heavy (non-hydrogen) atoms. The minimum absolute atomic E-state index is 0.519. The van der Waals surface area contributed by atoms with E-state index in [4.69, 9.17) is 5.11 Å². The van der Waals surface area contributed by atoms with Crippen molar-refractivity contribution in [2.24, 2.45) is 23.2 Å². The smallest absolute Gasteiger partial charge is 0.309 e. The van der Waals surface area contributed by atoms with E-state index in [0.717, 1.165) is 18.3 Å². The number of rotatable bonds is 3. The topological polar surface area (TPSA) is 37.3 Å². The van der Waals surface area contributed by atoms with Crippen LogP contribution in [0.2, 0.25) is 0 Å². The molecule has 80 valence electrons. The van der Waals surface area contributed by atoms with E-state index in [2.05, 4.69) is 0 Å². The molecule has 0 heterocycles. The fourth-order valence-electron chi connectivity index (χ4n) is 3.37. The molecule has 0 saturated heterocycles. The summed E-state index contributed by atoms with van der Waals surface area (Å²) < 4.78 is 0. The van der Waals surface area contributed by atoms with Gasteiger partial charge in [-0.15, -0.1) is 0 Å². The fraction of sp³-hybridized carbons (Fsp3) is 0.917. The molecule has 2 aliphatic rings. The van der Waals surface area contributed by atoms with Crippen LogP contribution in [0.1, 0.15) is 46.0 Å². The van der Waals surface area contributed by atoms with Gasteiger partial charge in [0, 0.05) is 0 Å². The van der Waals surface area contributed by atoms with E-state index >= 15 is 0 Å². The number of carbonyl (C=O) groups is 1. The Kier molecular flexibility index (Phi) is 2.32. The number of carboxylic acid groups (broad SMARTS) is 1. The Morgan fingerprint density at radius 2 is 2.07 bits per heavy atom. The van der Waals surface area contributed by atoms with Crippen LogP contribution in [-0.2, 0) is 4.79 Å². The second kappa shape index (κ2) is 3.25. The van der Waals surface area contributed by atoms with Crippen molar-refractivity contribution in [2.45, 2.75) is 46.0 Å². The predicted molar refractivity (Wildman–Crippen MR) is 55.0 cm³/mol. The highest BCUT2D eigenvalue weighted by atomic mass is 16.4. The summed E-state index contributed by atoms with van der Waals surface area (Å²) in [6, 6.07) is 0. The second-order valence-electron chi connectivity index (χ2n) is 5.83. The summed E-state index contributed by atoms with van der Waals surface area (Å²) in [4.78, 5) is 11.0. The summed E-state index contributed by atoms with van der Waals surface area (Å²) in [7, 11) is 0. The maximum absolute atomic E-state index is 11.0. The lowest BCUT2D eigenvalue weighted by molar-refractivity contribution is -0.148. The van der Waals surface area contributed by atoms with Crippen molar-refractivity contribution in [1.82, 2.24) is 0 Å². The van der Waals surface area contributed by atoms with Gasteiger partial charge < -0.3 is 5.11 Å². The van der Waals surface area contributed by atoms with Gasteiger partial charge in [0.05, 0.1) is 5.41 Å². The fourth-order valence-corrected chi connectivity index (χ4v) is 3.37. The van der Waals surface area contributed by atoms with Crippen LogP contribution in [-0.4, -0.2) is 11.1 Å². The number of hydrogen-bond donors (Lipinski definition) is 1. The highest BCUT2D eigenvalue weighted by Crippen LogP contribution is 2.51. The molecule has 2 rings (SSSR count). The average molecular weight is 196 g/mol. The SMILES string of the molecule is CC(C)(CC1CC2CCC1C2)C(=O)O. The molecule has 2 saturated carbocycles. The Balaban J connectivity index is 1.95. The van der Waals surface area contributed by atoms with Gasteiger partial charge in [-0.1, -0.05) is 6.42 Å². The molecule has 0 aromatic carbocycles. The molecule has 0 aromatic rings. The molecule has 1 N–H and O–H groups in total. The lowest BCUT2D eigenvalue weighted by Crippen LogP contribution is -2.28. The zero-order chi connectivity index (χ0) is 10.3. The summed E-state index contributed by atoms with van der Waals surface area (Å²) in [5.74, 6) is 1.83. The lowest BCUT2D eigenvalue weighted by atomic mass is 9.76.